The first-order chi connectivity index (χ1) is 22.1. The molecule has 0 unspecified atom stereocenters. The van der Waals surface area contributed by atoms with Gasteiger partial charge in [0.2, 0.25) is 0 Å². The molecule has 0 fully saturated rings. The van der Waals surface area contributed by atoms with Crippen LogP contribution < -0.4 is 0 Å². The summed E-state index contributed by atoms with van der Waals surface area (Å²) in [6.07, 6.45) is 55.9. The number of unbranched alkanes of at least 4 members (excludes halogenated alkanes) is 36. The van der Waals surface area contributed by atoms with E-state index < -0.39 is 0 Å². The first-order valence-electron chi connectivity index (χ1n) is 21.9. The van der Waals surface area contributed by atoms with Crippen molar-refractivity contribution in [3.63, 3.8) is 0 Å². The Kier molecular flexibility index (Phi) is 38.4. The number of hydrogen-bond acceptors (Lipinski definition) is 0. The van der Waals surface area contributed by atoms with Gasteiger partial charge in [0, 0.05) is 0 Å². The lowest BCUT2D eigenvalue weighted by Gasteiger charge is -2.30. The van der Waals surface area contributed by atoms with Crippen molar-refractivity contribution < 1.29 is 4.48 Å². The Morgan fingerprint density at radius 3 is 0.489 bits per heavy atom. The Morgan fingerprint density at radius 1 is 0.200 bits per heavy atom. The summed E-state index contributed by atoms with van der Waals surface area (Å²) in [5, 5.41) is 0. The Bertz CT molecular complexity index is 467. The number of hydrogen-bond donors (Lipinski definition) is 0. The minimum absolute atomic E-state index is 1.25. The molecule has 0 aromatic rings. The SMILES string of the molecule is CCCCCCCCCCCCCCCCCCCCC[N+](C)(C)CCCCCCCCCCCCCCCCCCCCC. The zero-order valence-electron chi connectivity index (χ0n) is 32.7. The zero-order valence-corrected chi connectivity index (χ0v) is 32.7. The Labute approximate surface area is 288 Å². The highest BCUT2D eigenvalue weighted by Gasteiger charge is 2.13. The summed E-state index contributed by atoms with van der Waals surface area (Å²) < 4.78 is 1.25. The second kappa shape index (κ2) is 38.4. The van der Waals surface area contributed by atoms with Gasteiger partial charge in [-0.2, -0.15) is 0 Å². The summed E-state index contributed by atoms with van der Waals surface area (Å²) in [7, 11) is 4.95. The summed E-state index contributed by atoms with van der Waals surface area (Å²) in [6.45, 7) is 7.40. The molecule has 0 atom stereocenters. The molecule has 0 aromatic carbocycles. The van der Waals surface area contributed by atoms with E-state index in [1.165, 1.54) is 262 Å². The molecular weight excluding hydrogens is 542 g/mol. The average molecular weight is 635 g/mol. The van der Waals surface area contributed by atoms with Crippen LogP contribution in [0.3, 0.4) is 0 Å². The molecule has 1 heteroatoms. The second-order valence-electron chi connectivity index (χ2n) is 16.1. The molecule has 272 valence electrons. The van der Waals surface area contributed by atoms with Crippen LogP contribution in [0, 0.1) is 0 Å². The lowest BCUT2D eigenvalue weighted by molar-refractivity contribution is -0.890. The molecule has 0 saturated heterocycles. The van der Waals surface area contributed by atoms with Crippen molar-refractivity contribution in [2.24, 2.45) is 0 Å². The van der Waals surface area contributed by atoms with E-state index in [1.54, 1.807) is 0 Å². The fraction of sp³-hybridized carbons (Fsp3) is 1.00. The molecule has 0 spiro atoms. The molecule has 0 aliphatic heterocycles. The lowest BCUT2D eigenvalue weighted by atomic mass is 10.0. The van der Waals surface area contributed by atoms with Gasteiger partial charge in [-0.05, 0) is 25.7 Å². The van der Waals surface area contributed by atoms with E-state index in [9.17, 15) is 0 Å². The molecule has 0 amide bonds. The number of nitrogens with zero attached hydrogens (tertiary/aromatic N) is 1. The average Bonchev–Trinajstić information content (AvgIpc) is 3.03. The molecule has 0 rings (SSSR count). The molecular formula is C44H92N+. The van der Waals surface area contributed by atoms with E-state index in [2.05, 4.69) is 27.9 Å². The molecule has 0 bridgehead atoms. The van der Waals surface area contributed by atoms with E-state index in [4.69, 9.17) is 0 Å². The first kappa shape index (κ1) is 45.0. The van der Waals surface area contributed by atoms with Gasteiger partial charge in [-0.3, -0.25) is 0 Å². The van der Waals surface area contributed by atoms with Gasteiger partial charge >= 0.3 is 0 Å². The lowest BCUT2D eigenvalue weighted by Crippen LogP contribution is -2.41. The van der Waals surface area contributed by atoms with Gasteiger partial charge in [-0.15, -0.1) is 0 Å². The highest BCUT2D eigenvalue weighted by atomic mass is 15.3. The Balaban J connectivity index is 3.25. The highest BCUT2D eigenvalue weighted by molar-refractivity contribution is 4.53. The predicted molar refractivity (Wildman–Crippen MR) is 209 cm³/mol. The normalized spacial score (nSPS) is 12.0. The van der Waals surface area contributed by atoms with Crippen molar-refractivity contribution in [3.8, 4) is 0 Å². The van der Waals surface area contributed by atoms with Crippen LogP contribution in [0.4, 0.5) is 0 Å². The molecule has 45 heavy (non-hydrogen) atoms. The van der Waals surface area contributed by atoms with Crippen LogP contribution >= 0.6 is 0 Å². The van der Waals surface area contributed by atoms with E-state index in [0.717, 1.165) is 0 Å². The number of quaternary nitrogens is 1. The third-order valence-electron chi connectivity index (χ3n) is 10.7. The van der Waals surface area contributed by atoms with Crippen molar-refractivity contribution in [3.05, 3.63) is 0 Å². The quantitative estimate of drug-likeness (QED) is 0.0465. The fourth-order valence-electron chi connectivity index (χ4n) is 7.35. The van der Waals surface area contributed by atoms with Crippen molar-refractivity contribution in [1.29, 1.82) is 0 Å². The van der Waals surface area contributed by atoms with Crippen LogP contribution in [0.5, 0.6) is 0 Å². The van der Waals surface area contributed by atoms with Crippen LogP contribution in [-0.4, -0.2) is 31.7 Å². The standard InChI is InChI=1S/C44H92N/c1-5-7-9-11-13-15-17-19-21-23-25-27-29-31-33-35-37-39-41-43-45(3,4)44-42-40-38-36-34-32-30-28-26-24-22-20-18-16-14-12-10-8-6-2/h5-44H2,1-4H3/q+1. The minimum Gasteiger partial charge on any atom is -0.328 e. The topological polar surface area (TPSA) is 0 Å². The zero-order chi connectivity index (χ0) is 32.8. The maximum absolute atomic E-state index is 2.48. The van der Waals surface area contributed by atoms with E-state index in [0.29, 0.717) is 0 Å². The smallest absolute Gasteiger partial charge is 0.0782 e. The third-order valence-corrected chi connectivity index (χ3v) is 10.7. The summed E-state index contributed by atoms with van der Waals surface area (Å²) in [5.41, 5.74) is 0. The van der Waals surface area contributed by atoms with Crippen molar-refractivity contribution >= 4 is 0 Å². The molecule has 0 heterocycles. The van der Waals surface area contributed by atoms with Crippen molar-refractivity contribution in [2.75, 3.05) is 27.2 Å². The maximum atomic E-state index is 2.48. The minimum atomic E-state index is 1.25. The molecule has 1 nitrogen and oxygen atoms in total. The maximum Gasteiger partial charge on any atom is 0.0782 e. The van der Waals surface area contributed by atoms with Crippen molar-refractivity contribution in [1.82, 2.24) is 0 Å². The van der Waals surface area contributed by atoms with Gasteiger partial charge in [0.25, 0.3) is 0 Å². The van der Waals surface area contributed by atoms with Gasteiger partial charge in [0.15, 0.2) is 0 Å². The molecule has 0 aliphatic rings. The number of rotatable bonds is 40. The predicted octanol–water partition coefficient (Wildman–Crippen LogP) is 15.9. The second-order valence-corrected chi connectivity index (χ2v) is 16.1. The first-order valence-corrected chi connectivity index (χ1v) is 21.9. The van der Waals surface area contributed by atoms with E-state index in [1.807, 2.05) is 0 Å². The molecule has 0 aromatic heterocycles. The third kappa shape index (κ3) is 40.1. The van der Waals surface area contributed by atoms with Crippen LogP contribution in [0.2, 0.25) is 0 Å². The monoisotopic (exact) mass is 635 g/mol. The van der Waals surface area contributed by atoms with Gasteiger partial charge in [0.05, 0.1) is 27.2 Å². The van der Waals surface area contributed by atoms with Gasteiger partial charge in [0.1, 0.15) is 0 Å². The van der Waals surface area contributed by atoms with Gasteiger partial charge in [-0.1, -0.05) is 232 Å². The molecule has 0 radical (unpaired) electrons. The van der Waals surface area contributed by atoms with Gasteiger partial charge in [-0.25, -0.2) is 0 Å². The molecule has 0 aliphatic carbocycles. The Hall–Kier alpha value is -0.0400. The Morgan fingerprint density at radius 2 is 0.333 bits per heavy atom. The highest BCUT2D eigenvalue weighted by Crippen LogP contribution is 2.17. The summed E-state index contributed by atoms with van der Waals surface area (Å²) in [6, 6.07) is 0. The summed E-state index contributed by atoms with van der Waals surface area (Å²) in [5.74, 6) is 0. The molecule has 0 N–H and O–H groups in total. The summed E-state index contributed by atoms with van der Waals surface area (Å²) >= 11 is 0. The largest absolute Gasteiger partial charge is 0.328 e. The van der Waals surface area contributed by atoms with Gasteiger partial charge < -0.3 is 4.48 Å². The van der Waals surface area contributed by atoms with Crippen molar-refractivity contribution in [2.45, 2.75) is 258 Å². The van der Waals surface area contributed by atoms with Crippen LogP contribution in [0.15, 0.2) is 0 Å². The van der Waals surface area contributed by atoms with E-state index >= 15 is 0 Å². The van der Waals surface area contributed by atoms with Crippen LogP contribution in [-0.2, 0) is 0 Å². The van der Waals surface area contributed by atoms with Crippen LogP contribution in [0.25, 0.3) is 0 Å². The van der Waals surface area contributed by atoms with Crippen LogP contribution in [0.1, 0.15) is 258 Å². The molecule has 0 saturated carbocycles. The van der Waals surface area contributed by atoms with E-state index in [-0.39, 0.29) is 0 Å². The fourth-order valence-corrected chi connectivity index (χ4v) is 7.35. The summed E-state index contributed by atoms with van der Waals surface area (Å²) in [4.78, 5) is 0.